The molecule has 254 valence electrons. The number of benzene rings is 7. The summed E-state index contributed by atoms with van der Waals surface area (Å²) in [5, 5.41) is 0. The summed E-state index contributed by atoms with van der Waals surface area (Å²) in [6.45, 7) is 0. The van der Waals surface area contributed by atoms with E-state index in [4.69, 9.17) is 15.0 Å². The number of hydrogen-bond acceptors (Lipinski definition) is 4. The molecular formula is C50H34N4. The van der Waals surface area contributed by atoms with E-state index >= 15 is 0 Å². The number of pyridine rings is 1. The highest BCUT2D eigenvalue weighted by molar-refractivity contribution is 5.97. The topological polar surface area (TPSA) is 51.6 Å². The standard InChI is InChI=1S/C50H34N4/c1-5-15-36(16-6-1)45-32-44(33-46(37-17-7-2-8-18-37)47(45)38-19-9-3-10-20-38)35-26-28-40(29-27-35)49-52-48(39-21-11-4-12-22-39)53-50(54-49)42-24-13-23-41(31-42)43-25-14-30-51-34-43/h1-34H. The average molecular weight is 691 g/mol. The van der Waals surface area contributed by atoms with E-state index < -0.39 is 0 Å². The van der Waals surface area contributed by atoms with Crippen LogP contribution in [-0.4, -0.2) is 19.9 Å². The van der Waals surface area contributed by atoms with Gasteiger partial charge in [0.1, 0.15) is 0 Å². The highest BCUT2D eigenvalue weighted by Gasteiger charge is 2.18. The van der Waals surface area contributed by atoms with Crippen LogP contribution >= 0.6 is 0 Å². The van der Waals surface area contributed by atoms with Crippen LogP contribution < -0.4 is 0 Å². The van der Waals surface area contributed by atoms with Gasteiger partial charge < -0.3 is 0 Å². The van der Waals surface area contributed by atoms with E-state index in [1.807, 2.05) is 54.7 Å². The highest BCUT2D eigenvalue weighted by Crippen LogP contribution is 2.43. The zero-order valence-corrected chi connectivity index (χ0v) is 29.4. The summed E-state index contributed by atoms with van der Waals surface area (Å²) in [4.78, 5) is 19.3. The maximum Gasteiger partial charge on any atom is 0.164 e. The Labute approximate surface area is 315 Å². The van der Waals surface area contributed by atoms with Gasteiger partial charge in [-0.15, -0.1) is 0 Å². The third-order valence-electron chi connectivity index (χ3n) is 9.63. The Morgan fingerprint density at radius 2 is 0.685 bits per heavy atom. The van der Waals surface area contributed by atoms with Crippen LogP contribution in [-0.2, 0) is 0 Å². The van der Waals surface area contributed by atoms with Crippen molar-refractivity contribution >= 4 is 0 Å². The molecule has 9 aromatic rings. The van der Waals surface area contributed by atoms with Crippen molar-refractivity contribution in [1.82, 2.24) is 19.9 Å². The molecule has 0 N–H and O–H groups in total. The van der Waals surface area contributed by atoms with Crippen molar-refractivity contribution in [3.05, 3.63) is 207 Å². The molecule has 4 heteroatoms. The largest absolute Gasteiger partial charge is 0.264 e. The molecule has 0 radical (unpaired) electrons. The predicted octanol–water partition coefficient (Wildman–Crippen LogP) is 12.6. The lowest BCUT2D eigenvalue weighted by atomic mass is 9.84. The van der Waals surface area contributed by atoms with Gasteiger partial charge in [-0.25, -0.2) is 15.0 Å². The van der Waals surface area contributed by atoms with Crippen LogP contribution in [0.15, 0.2) is 207 Å². The summed E-state index contributed by atoms with van der Waals surface area (Å²) >= 11 is 0. The number of aromatic nitrogens is 4. The summed E-state index contributed by atoms with van der Waals surface area (Å²) in [6.07, 6.45) is 3.66. The third kappa shape index (κ3) is 6.72. The Bertz CT molecular complexity index is 2600. The minimum atomic E-state index is 0.616. The molecule has 7 aromatic carbocycles. The van der Waals surface area contributed by atoms with Crippen molar-refractivity contribution in [2.75, 3.05) is 0 Å². The van der Waals surface area contributed by atoms with E-state index in [0.717, 1.165) is 38.9 Å². The number of hydrogen-bond donors (Lipinski definition) is 0. The quantitative estimate of drug-likeness (QED) is 0.159. The Morgan fingerprint density at radius 1 is 0.259 bits per heavy atom. The Morgan fingerprint density at radius 3 is 1.22 bits per heavy atom. The second-order valence-electron chi connectivity index (χ2n) is 13.1. The van der Waals surface area contributed by atoms with Crippen molar-refractivity contribution < 1.29 is 0 Å². The first kappa shape index (κ1) is 32.6. The van der Waals surface area contributed by atoms with Gasteiger partial charge in [0.25, 0.3) is 0 Å². The Balaban J connectivity index is 1.17. The summed E-state index contributed by atoms with van der Waals surface area (Å²) in [5.41, 5.74) is 14.2. The van der Waals surface area contributed by atoms with E-state index in [-0.39, 0.29) is 0 Å². The molecule has 0 spiro atoms. The van der Waals surface area contributed by atoms with Gasteiger partial charge in [0.05, 0.1) is 0 Å². The second kappa shape index (κ2) is 14.7. The SMILES string of the molecule is c1ccc(-c2nc(-c3ccc(-c4cc(-c5ccccc5)c(-c5ccccc5)c(-c5ccccc5)c4)cc3)nc(-c3cccc(-c4cccnc4)c3)n2)cc1. The highest BCUT2D eigenvalue weighted by atomic mass is 15.0. The first-order chi connectivity index (χ1) is 26.8. The van der Waals surface area contributed by atoms with Crippen LogP contribution in [0.25, 0.3) is 89.8 Å². The molecular weight excluding hydrogens is 657 g/mol. The normalized spacial score (nSPS) is 11.0. The first-order valence-corrected chi connectivity index (χ1v) is 18.0. The fourth-order valence-electron chi connectivity index (χ4n) is 6.95. The van der Waals surface area contributed by atoms with E-state index in [1.165, 1.54) is 33.4 Å². The van der Waals surface area contributed by atoms with Gasteiger partial charge in [-0.3, -0.25) is 4.98 Å². The van der Waals surface area contributed by atoms with E-state index in [0.29, 0.717) is 17.5 Å². The molecule has 2 aromatic heterocycles. The molecule has 0 aliphatic heterocycles. The molecule has 0 aliphatic carbocycles. The van der Waals surface area contributed by atoms with Crippen LogP contribution in [0, 0.1) is 0 Å². The predicted molar refractivity (Wildman–Crippen MR) is 221 cm³/mol. The van der Waals surface area contributed by atoms with Gasteiger partial charge in [-0.1, -0.05) is 170 Å². The van der Waals surface area contributed by atoms with Gasteiger partial charge in [0, 0.05) is 34.6 Å². The fourth-order valence-corrected chi connectivity index (χ4v) is 6.95. The average Bonchev–Trinajstić information content (AvgIpc) is 3.27. The van der Waals surface area contributed by atoms with E-state index in [2.05, 4.69) is 151 Å². The van der Waals surface area contributed by atoms with Crippen molar-refractivity contribution in [2.24, 2.45) is 0 Å². The maximum atomic E-state index is 5.05. The monoisotopic (exact) mass is 690 g/mol. The maximum absolute atomic E-state index is 5.05. The molecule has 0 saturated heterocycles. The molecule has 0 fully saturated rings. The third-order valence-corrected chi connectivity index (χ3v) is 9.63. The summed E-state index contributed by atoms with van der Waals surface area (Å²) in [5.74, 6) is 1.86. The van der Waals surface area contributed by atoms with Crippen LogP contribution in [0.2, 0.25) is 0 Å². The van der Waals surface area contributed by atoms with Crippen molar-refractivity contribution in [3.8, 4) is 89.8 Å². The second-order valence-corrected chi connectivity index (χ2v) is 13.1. The summed E-state index contributed by atoms with van der Waals surface area (Å²) in [6, 6.07) is 67.6. The molecule has 0 aliphatic rings. The van der Waals surface area contributed by atoms with Crippen LogP contribution in [0.4, 0.5) is 0 Å². The van der Waals surface area contributed by atoms with E-state index in [9.17, 15) is 0 Å². The number of nitrogens with zero attached hydrogens (tertiary/aromatic N) is 4. The first-order valence-electron chi connectivity index (χ1n) is 18.0. The van der Waals surface area contributed by atoms with Gasteiger partial charge in [0.15, 0.2) is 17.5 Å². The zero-order valence-electron chi connectivity index (χ0n) is 29.4. The van der Waals surface area contributed by atoms with Crippen LogP contribution in [0.5, 0.6) is 0 Å². The fraction of sp³-hybridized carbons (Fsp3) is 0. The van der Waals surface area contributed by atoms with Crippen molar-refractivity contribution in [2.45, 2.75) is 0 Å². The van der Waals surface area contributed by atoms with Gasteiger partial charge in [-0.05, 0) is 74.3 Å². The van der Waals surface area contributed by atoms with Crippen LogP contribution in [0.3, 0.4) is 0 Å². The Hall–Kier alpha value is -7.30. The van der Waals surface area contributed by atoms with Gasteiger partial charge >= 0.3 is 0 Å². The Kier molecular flexibility index (Phi) is 8.90. The lowest BCUT2D eigenvalue weighted by molar-refractivity contribution is 1.07. The summed E-state index contributed by atoms with van der Waals surface area (Å²) < 4.78 is 0. The minimum absolute atomic E-state index is 0.616. The van der Waals surface area contributed by atoms with Crippen LogP contribution in [0.1, 0.15) is 0 Å². The summed E-state index contributed by atoms with van der Waals surface area (Å²) in [7, 11) is 0. The molecule has 2 heterocycles. The molecule has 0 bridgehead atoms. The van der Waals surface area contributed by atoms with E-state index in [1.54, 1.807) is 6.20 Å². The molecule has 0 saturated carbocycles. The van der Waals surface area contributed by atoms with Crippen molar-refractivity contribution in [1.29, 1.82) is 0 Å². The molecule has 0 amide bonds. The molecule has 54 heavy (non-hydrogen) atoms. The molecule has 4 nitrogen and oxygen atoms in total. The smallest absolute Gasteiger partial charge is 0.164 e. The van der Waals surface area contributed by atoms with Crippen molar-refractivity contribution in [3.63, 3.8) is 0 Å². The minimum Gasteiger partial charge on any atom is -0.264 e. The number of rotatable bonds is 8. The molecule has 0 atom stereocenters. The molecule has 0 unspecified atom stereocenters. The van der Waals surface area contributed by atoms with Gasteiger partial charge in [0.2, 0.25) is 0 Å². The molecule has 9 rings (SSSR count). The van der Waals surface area contributed by atoms with Gasteiger partial charge in [-0.2, -0.15) is 0 Å². The zero-order chi connectivity index (χ0) is 36.1. The lowest BCUT2D eigenvalue weighted by Crippen LogP contribution is -2.00. The lowest BCUT2D eigenvalue weighted by Gasteiger charge is -2.19.